The van der Waals surface area contributed by atoms with Crippen LogP contribution in [0.1, 0.15) is 26.2 Å². The molecule has 5 nitrogen and oxygen atoms in total. The summed E-state index contributed by atoms with van der Waals surface area (Å²) in [4.78, 5) is 24.9. The zero-order valence-electron chi connectivity index (χ0n) is 11.3. The summed E-state index contributed by atoms with van der Waals surface area (Å²) in [6.07, 6.45) is 1.73. The zero-order chi connectivity index (χ0) is 14.8. The standard InChI is InChI=1S/C14H18N2O3S/c1-2-7-14(15)8-12(17)16(9-13(18)19)10-5-3-4-6-11(10)20-14/h3-6H,2,7-9,15H2,1H3,(H,18,19). The number of thioether (sulfide) groups is 1. The third kappa shape index (κ3) is 3.13. The predicted molar refractivity (Wildman–Crippen MR) is 78.7 cm³/mol. The Hall–Kier alpha value is -1.53. The molecule has 2 rings (SSSR count). The largest absolute Gasteiger partial charge is 0.480 e. The summed E-state index contributed by atoms with van der Waals surface area (Å²) < 4.78 is 0. The molecule has 0 fully saturated rings. The van der Waals surface area contributed by atoms with E-state index in [0.717, 1.165) is 11.3 Å². The summed E-state index contributed by atoms with van der Waals surface area (Å²) in [6.45, 7) is 1.68. The van der Waals surface area contributed by atoms with E-state index < -0.39 is 10.8 Å². The van der Waals surface area contributed by atoms with Crippen molar-refractivity contribution in [2.75, 3.05) is 11.4 Å². The number of amides is 1. The molecule has 1 aliphatic rings. The summed E-state index contributed by atoms with van der Waals surface area (Å²) in [5.74, 6) is -1.26. The van der Waals surface area contributed by atoms with Crippen LogP contribution >= 0.6 is 11.8 Å². The van der Waals surface area contributed by atoms with Crippen molar-refractivity contribution in [2.24, 2.45) is 5.73 Å². The van der Waals surface area contributed by atoms with Gasteiger partial charge in [0.1, 0.15) is 6.54 Å². The summed E-state index contributed by atoms with van der Waals surface area (Å²) in [5, 5.41) is 9.00. The van der Waals surface area contributed by atoms with E-state index in [0.29, 0.717) is 12.1 Å². The molecule has 0 spiro atoms. The van der Waals surface area contributed by atoms with Crippen LogP contribution in [0.3, 0.4) is 0 Å². The van der Waals surface area contributed by atoms with Crippen molar-refractivity contribution >= 4 is 29.3 Å². The molecule has 1 aromatic rings. The molecule has 0 bridgehead atoms. The molecule has 1 aromatic carbocycles. The first-order valence-corrected chi connectivity index (χ1v) is 7.36. The minimum atomic E-state index is -1.03. The number of carbonyl (C=O) groups excluding carboxylic acids is 1. The number of hydrogen-bond acceptors (Lipinski definition) is 4. The van der Waals surface area contributed by atoms with Crippen LogP contribution in [-0.2, 0) is 9.59 Å². The molecule has 0 radical (unpaired) electrons. The van der Waals surface area contributed by atoms with Gasteiger partial charge in [-0.2, -0.15) is 0 Å². The van der Waals surface area contributed by atoms with Gasteiger partial charge in [0.2, 0.25) is 5.91 Å². The zero-order valence-corrected chi connectivity index (χ0v) is 12.2. The van der Waals surface area contributed by atoms with Crippen LogP contribution in [0.5, 0.6) is 0 Å². The van der Waals surface area contributed by atoms with Gasteiger partial charge in [-0.1, -0.05) is 25.5 Å². The molecule has 0 aliphatic carbocycles. The number of aliphatic carboxylic acids is 1. The molecule has 6 heteroatoms. The Bertz CT molecular complexity index is 535. The maximum absolute atomic E-state index is 12.4. The number of nitrogens with zero attached hydrogens (tertiary/aromatic N) is 1. The lowest BCUT2D eigenvalue weighted by molar-refractivity contribution is -0.136. The van der Waals surface area contributed by atoms with Crippen molar-refractivity contribution in [1.29, 1.82) is 0 Å². The smallest absolute Gasteiger partial charge is 0.323 e. The van der Waals surface area contributed by atoms with Crippen molar-refractivity contribution in [3.05, 3.63) is 24.3 Å². The van der Waals surface area contributed by atoms with E-state index in [1.807, 2.05) is 19.1 Å². The third-order valence-electron chi connectivity index (χ3n) is 3.19. The lowest BCUT2D eigenvalue weighted by Crippen LogP contribution is -2.42. The van der Waals surface area contributed by atoms with Gasteiger partial charge in [-0.05, 0) is 18.6 Å². The third-order valence-corrected chi connectivity index (χ3v) is 4.51. The van der Waals surface area contributed by atoms with Gasteiger partial charge in [0.05, 0.1) is 17.0 Å². The second-order valence-corrected chi connectivity index (χ2v) is 6.39. The average molecular weight is 294 g/mol. The van der Waals surface area contributed by atoms with Gasteiger partial charge in [-0.15, -0.1) is 11.8 Å². The minimum absolute atomic E-state index is 0.146. The van der Waals surface area contributed by atoms with Crippen LogP contribution in [0, 0.1) is 0 Å². The molecule has 1 amide bonds. The fraction of sp³-hybridized carbons (Fsp3) is 0.429. The lowest BCUT2D eigenvalue weighted by atomic mass is 10.1. The van der Waals surface area contributed by atoms with E-state index in [1.54, 1.807) is 12.1 Å². The van der Waals surface area contributed by atoms with Crippen LogP contribution in [0.15, 0.2) is 29.2 Å². The van der Waals surface area contributed by atoms with Gasteiger partial charge in [0.25, 0.3) is 0 Å². The Balaban J connectivity index is 2.43. The molecular weight excluding hydrogens is 276 g/mol. The van der Waals surface area contributed by atoms with E-state index in [4.69, 9.17) is 10.8 Å². The van der Waals surface area contributed by atoms with Crippen molar-refractivity contribution < 1.29 is 14.7 Å². The highest BCUT2D eigenvalue weighted by Gasteiger charge is 2.36. The highest BCUT2D eigenvalue weighted by molar-refractivity contribution is 8.00. The van der Waals surface area contributed by atoms with Crippen molar-refractivity contribution in [3.63, 3.8) is 0 Å². The predicted octanol–water partition coefficient (Wildman–Crippen LogP) is 2.06. The maximum atomic E-state index is 12.4. The molecule has 1 heterocycles. The summed E-state index contributed by atoms with van der Waals surface area (Å²) in [7, 11) is 0. The number of carboxylic acids is 1. The fourth-order valence-corrected chi connectivity index (χ4v) is 3.75. The Morgan fingerprint density at radius 2 is 2.20 bits per heavy atom. The SMILES string of the molecule is CCCC1(N)CC(=O)N(CC(=O)O)c2ccccc2S1. The molecule has 3 N–H and O–H groups in total. The van der Waals surface area contributed by atoms with Crippen LogP contribution in [0.2, 0.25) is 0 Å². The Morgan fingerprint density at radius 3 is 2.85 bits per heavy atom. The van der Waals surface area contributed by atoms with Crippen molar-refractivity contribution in [3.8, 4) is 0 Å². The van der Waals surface area contributed by atoms with Gasteiger partial charge in [0, 0.05) is 4.90 Å². The van der Waals surface area contributed by atoms with E-state index in [-0.39, 0.29) is 18.9 Å². The number of carbonyl (C=O) groups is 2. The number of hydrogen-bond donors (Lipinski definition) is 2. The Kier molecular flexibility index (Phi) is 4.35. The van der Waals surface area contributed by atoms with Crippen molar-refractivity contribution in [2.45, 2.75) is 36.0 Å². The number of anilines is 1. The number of fused-ring (bicyclic) bond motifs is 1. The first-order valence-electron chi connectivity index (χ1n) is 6.54. The van der Waals surface area contributed by atoms with Crippen molar-refractivity contribution in [1.82, 2.24) is 0 Å². The first-order chi connectivity index (χ1) is 9.45. The van der Waals surface area contributed by atoms with Gasteiger partial charge in [-0.25, -0.2) is 0 Å². The molecule has 20 heavy (non-hydrogen) atoms. The van der Waals surface area contributed by atoms with E-state index in [1.165, 1.54) is 16.7 Å². The topological polar surface area (TPSA) is 83.6 Å². The minimum Gasteiger partial charge on any atom is -0.480 e. The first kappa shape index (κ1) is 14.9. The number of para-hydroxylation sites is 1. The number of nitrogens with two attached hydrogens (primary N) is 1. The lowest BCUT2D eigenvalue weighted by Gasteiger charge is -2.26. The molecule has 0 saturated carbocycles. The van der Waals surface area contributed by atoms with Gasteiger partial charge < -0.3 is 10.8 Å². The molecule has 0 aromatic heterocycles. The average Bonchev–Trinajstić information content (AvgIpc) is 2.45. The van der Waals surface area contributed by atoms with Crippen LogP contribution in [0.4, 0.5) is 5.69 Å². The highest BCUT2D eigenvalue weighted by atomic mass is 32.2. The number of rotatable bonds is 4. The molecule has 1 unspecified atom stereocenters. The second kappa shape index (κ2) is 5.85. The van der Waals surface area contributed by atoms with Crippen LogP contribution < -0.4 is 10.6 Å². The van der Waals surface area contributed by atoms with Gasteiger partial charge in [-0.3, -0.25) is 14.5 Å². The Labute approximate surface area is 122 Å². The molecule has 1 atom stereocenters. The summed E-state index contributed by atoms with van der Waals surface area (Å²) >= 11 is 1.46. The Morgan fingerprint density at radius 1 is 1.50 bits per heavy atom. The van der Waals surface area contributed by atoms with Crippen LogP contribution in [0.25, 0.3) is 0 Å². The quantitative estimate of drug-likeness (QED) is 0.888. The molecule has 0 saturated heterocycles. The monoisotopic (exact) mass is 294 g/mol. The molecule has 108 valence electrons. The van der Waals surface area contributed by atoms with Crippen LogP contribution in [-0.4, -0.2) is 28.4 Å². The molecular formula is C14H18N2O3S. The summed E-state index contributed by atoms with van der Waals surface area (Å²) in [5.41, 5.74) is 6.97. The maximum Gasteiger partial charge on any atom is 0.323 e. The highest BCUT2D eigenvalue weighted by Crippen LogP contribution is 2.43. The number of benzene rings is 1. The normalized spacial score (nSPS) is 22.3. The van der Waals surface area contributed by atoms with E-state index in [2.05, 4.69) is 0 Å². The second-order valence-electron chi connectivity index (χ2n) is 4.93. The number of carboxylic acid groups (broad SMARTS) is 1. The molecule has 1 aliphatic heterocycles. The van der Waals surface area contributed by atoms with Gasteiger partial charge >= 0.3 is 5.97 Å². The van der Waals surface area contributed by atoms with Gasteiger partial charge in [0.15, 0.2) is 0 Å². The van der Waals surface area contributed by atoms with E-state index >= 15 is 0 Å². The summed E-state index contributed by atoms with van der Waals surface area (Å²) in [6, 6.07) is 7.31. The fourth-order valence-electron chi connectivity index (χ4n) is 2.38. The van der Waals surface area contributed by atoms with E-state index in [9.17, 15) is 9.59 Å².